The first-order valence-corrected chi connectivity index (χ1v) is 11.8. The van der Waals surface area contributed by atoms with Crippen molar-refractivity contribution in [2.75, 3.05) is 53.6 Å². The summed E-state index contributed by atoms with van der Waals surface area (Å²) in [5.41, 5.74) is 0. The van der Waals surface area contributed by atoms with Gasteiger partial charge in [0.25, 0.3) is 0 Å². The van der Waals surface area contributed by atoms with Gasteiger partial charge in [0.2, 0.25) is 11.8 Å². The van der Waals surface area contributed by atoms with Crippen molar-refractivity contribution in [2.24, 2.45) is 0 Å². The zero-order valence-electron chi connectivity index (χ0n) is 21.3. The van der Waals surface area contributed by atoms with Gasteiger partial charge in [-0.25, -0.2) is 9.59 Å². The van der Waals surface area contributed by atoms with E-state index in [1.807, 2.05) is 11.8 Å². The molecule has 4 fully saturated rings. The maximum absolute atomic E-state index is 12.0. The van der Waals surface area contributed by atoms with Crippen molar-refractivity contribution >= 4 is 23.8 Å². The van der Waals surface area contributed by atoms with Gasteiger partial charge in [-0.2, -0.15) is 0 Å². The average Bonchev–Trinajstić information content (AvgIpc) is 2.87. The number of carbonyl (C=O) groups excluding carboxylic acids is 4. The van der Waals surface area contributed by atoms with Crippen LogP contribution in [0.3, 0.4) is 0 Å². The van der Waals surface area contributed by atoms with Crippen LogP contribution in [0.1, 0.15) is 26.7 Å². The van der Waals surface area contributed by atoms with Crippen molar-refractivity contribution in [3.05, 3.63) is 12.3 Å². The molecule has 12 nitrogen and oxygen atoms in total. The minimum absolute atomic E-state index is 0.0185. The van der Waals surface area contributed by atoms with Gasteiger partial charge in [-0.15, -0.1) is 6.42 Å². The zero-order valence-corrected chi connectivity index (χ0v) is 21.3. The Morgan fingerprint density at radius 3 is 2.17 bits per heavy atom. The number of terminal acetylenes is 1. The SMILES string of the molecule is C#CC(=O)OC.COC(=O)/C=C/N1CC(=O)N2[C@H](C)CCO[C@H]2C1.C[C@@H]1CCO[C@H]2CNCC(=O)N12. The monoisotopic (exact) mass is 508 g/mol. The van der Waals surface area contributed by atoms with E-state index < -0.39 is 11.9 Å². The lowest BCUT2D eigenvalue weighted by Gasteiger charge is -2.46. The highest BCUT2D eigenvalue weighted by molar-refractivity contribution is 5.87. The lowest BCUT2D eigenvalue weighted by atomic mass is 10.1. The Morgan fingerprint density at radius 2 is 1.64 bits per heavy atom. The number of nitrogens with one attached hydrogen (secondary N) is 1. The van der Waals surface area contributed by atoms with Crippen LogP contribution < -0.4 is 5.32 Å². The molecule has 0 unspecified atom stereocenters. The van der Waals surface area contributed by atoms with Crippen LogP contribution in [0.5, 0.6) is 0 Å². The molecule has 0 spiro atoms. The standard InChI is InChI=1S/C12H18N2O4.C8H14N2O2.C4H4O2/c1-9-4-6-18-11-8-13(5-3-12(16)17-2)7-10(15)14(9)11;1-6-2-3-12-8-5-9-4-7(11)10(6)8;1-3-4(5)6-2/h3,5,9,11H,4,6-8H2,1-2H3;6,8-9H,2-5H2,1H3;1H,2H3/b5-3+;;/t9-,11+;6-,8+;/m11./s1. The highest BCUT2D eigenvalue weighted by atomic mass is 16.5. The summed E-state index contributed by atoms with van der Waals surface area (Å²) in [5, 5.41) is 3.04. The minimum Gasteiger partial charge on any atom is -0.466 e. The van der Waals surface area contributed by atoms with E-state index in [4.69, 9.17) is 9.47 Å². The maximum atomic E-state index is 12.0. The van der Waals surface area contributed by atoms with Gasteiger partial charge in [0.05, 0.1) is 47.1 Å². The topological polar surface area (TPSA) is 127 Å². The largest absolute Gasteiger partial charge is 0.466 e. The molecule has 4 saturated heterocycles. The van der Waals surface area contributed by atoms with Crippen molar-refractivity contribution in [3.8, 4) is 12.3 Å². The fourth-order valence-corrected chi connectivity index (χ4v) is 4.19. The summed E-state index contributed by atoms with van der Waals surface area (Å²) in [6.45, 7) is 7.66. The van der Waals surface area contributed by atoms with Gasteiger partial charge < -0.3 is 39.0 Å². The highest BCUT2D eigenvalue weighted by Crippen LogP contribution is 2.22. The summed E-state index contributed by atoms with van der Waals surface area (Å²) in [4.78, 5) is 49.6. The van der Waals surface area contributed by atoms with Gasteiger partial charge in [0.15, 0.2) is 0 Å². The van der Waals surface area contributed by atoms with Crippen LogP contribution in [0.2, 0.25) is 0 Å². The molecule has 0 radical (unpaired) electrons. The molecule has 4 heterocycles. The molecule has 4 aliphatic rings. The number of piperazine rings is 2. The number of rotatable bonds is 2. The molecule has 12 heteroatoms. The van der Waals surface area contributed by atoms with E-state index in [1.54, 1.807) is 21.9 Å². The van der Waals surface area contributed by atoms with E-state index in [9.17, 15) is 19.2 Å². The lowest BCUT2D eigenvalue weighted by molar-refractivity contribution is -0.176. The van der Waals surface area contributed by atoms with Crippen LogP contribution in [0, 0.1) is 12.3 Å². The number of fused-ring (bicyclic) bond motifs is 2. The highest BCUT2D eigenvalue weighted by Gasteiger charge is 2.37. The number of hydrogen-bond acceptors (Lipinski definition) is 10. The van der Waals surface area contributed by atoms with Crippen molar-refractivity contribution in [1.29, 1.82) is 0 Å². The van der Waals surface area contributed by atoms with Crippen molar-refractivity contribution in [2.45, 2.75) is 51.2 Å². The molecule has 4 rings (SSSR count). The van der Waals surface area contributed by atoms with Gasteiger partial charge in [0.1, 0.15) is 12.5 Å². The molecule has 0 aromatic carbocycles. The smallest absolute Gasteiger partial charge is 0.383 e. The van der Waals surface area contributed by atoms with Crippen LogP contribution in [0.4, 0.5) is 0 Å². The quantitative estimate of drug-likeness (QED) is 0.221. The van der Waals surface area contributed by atoms with E-state index in [2.05, 4.69) is 28.1 Å². The first-order valence-electron chi connectivity index (χ1n) is 11.8. The summed E-state index contributed by atoms with van der Waals surface area (Å²) in [7, 11) is 2.56. The molecular weight excluding hydrogens is 472 g/mol. The van der Waals surface area contributed by atoms with Crippen LogP contribution in [0.15, 0.2) is 12.3 Å². The second kappa shape index (κ2) is 14.4. The van der Waals surface area contributed by atoms with Gasteiger partial charge in [-0.1, -0.05) is 0 Å². The van der Waals surface area contributed by atoms with Crippen LogP contribution in [-0.4, -0.2) is 117 Å². The van der Waals surface area contributed by atoms with E-state index >= 15 is 0 Å². The molecule has 4 aliphatic heterocycles. The van der Waals surface area contributed by atoms with Gasteiger partial charge in [-0.3, -0.25) is 9.59 Å². The summed E-state index contributed by atoms with van der Waals surface area (Å²) in [5.74, 6) is 0.896. The van der Waals surface area contributed by atoms with Gasteiger partial charge in [0, 0.05) is 36.8 Å². The number of amides is 2. The van der Waals surface area contributed by atoms with E-state index in [1.165, 1.54) is 20.3 Å². The van der Waals surface area contributed by atoms with E-state index in [0.717, 1.165) is 26.0 Å². The predicted molar refractivity (Wildman–Crippen MR) is 128 cm³/mol. The summed E-state index contributed by atoms with van der Waals surface area (Å²) >= 11 is 0. The summed E-state index contributed by atoms with van der Waals surface area (Å²) < 4.78 is 19.6. The summed E-state index contributed by atoms with van der Waals surface area (Å²) in [6.07, 6.45) is 9.07. The molecular formula is C24H36N4O8. The minimum atomic E-state index is -0.630. The summed E-state index contributed by atoms with van der Waals surface area (Å²) in [6, 6.07) is 0.571. The van der Waals surface area contributed by atoms with Gasteiger partial charge >= 0.3 is 11.9 Å². The number of nitrogens with zero attached hydrogens (tertiary/aromatic N) is 3. The Morgan fingerprint density at radius 1 is 1.03 bits per heavy atom. The number of carbonyl (C=O) groups is 4. The molecule has 0 aromatic heterocycles. The first kappa shape index (κ1) is 29.1. The van der Waals surface area contributed by atoms with Crippen LogP contribution >= 0.6 is 0 Å². The Bertz CT molecular complexity index is 856. The van der Waals surface area contributed by atoms with Crippen molar-refractivity contribution < 1.29 is 38.1 Å². The first-order chi connectivity index (χ1) is 17.2. The molecule has 200 valence electrons. The van der Waals surface area contributed by atoms with E-state index in [-0.39, 0.29) is 36.9 Å². The molecule has 0 bridgehead atoms. The fraction of sp³-hybridized carbons (Fsp3) is 0.667. The third-order valence-electron chi connectivity index (χ3n) is 6.09. The molecule has 4 atom stereocenters. The number of hydrogen-bond donors (Lipinski definition) is 1. The Labute approximate surface area is 211 Å². The number of methoxy groups -OCH3 is 2. The second-order valence-electron chi connectivity index (χ2n) is 8.56. The molecule has 0 aromatic rings. The third kappa shape index (κ3) is 8.22. The van der Waals surface area contributed by atoms with Crippen molar-refractivity contribution in [3.63, 3.8) is 0 Å². The Balaban J connectivity index is 0.000000218. The molecule has 0 saturated carbocycles. The van der Waals surface area contributed by atoms with Crippen molar-refractivity contribution in [1.82, 2.24) is 20.0 Å². The molecule has 0 aliphatic carbocycles. The Kier molecular flexibility index (Phi) is 11.7. The Hall–Kier alpha value is -3.14. The average molecular weight is 509 g/mol. The van der Waals surface area contributed by atoms with Crippen LogP contribution in [-0.2, 0) is 38.1 Å². The maximum Gasteiger partial charge on any atom is 0.383 e. The van der Waals surface area contributed by atoms with Gasteiger partial charge in [-0.05, 0) is 26.7 Å². The van der Waals surface area contributed by atoms with E-state index in [0.29, 0.717) is 25.7 Å². The third-order valence-corrected chi connectivity index (χ3v) is 6.09. The molecule has 2 amide bonds. The molecule has 36 heavy (non-hydrogen) atoms. The fourth-order valence-electron chi connectivity index (χ4n) is 4.19. The predicted octanol–water partition coefficient (Wildman–Crippen LogP) is -0.702. The number of esters is 2. The normalized spacial score (nSPS) is 27.4. The molecule has 1 N–H and O–H groups in total. The zero-order chi connectivity index (χ0) is 26.7. The number of ether oxygens (including phenoxy) is 4. The second-order valence-corrected chi connectivity index (χ2v) is 8.56. The van der Waals surface area contributed by atoms with Crippen LogP contribution in [0.25, 0.3) is 0 Å². The lowest BCUT2D eigenvalue weighted by Crippen LogP contribution is -2.61.